The van der Waals surface area contributed by atoms with Crippen LogP contribution in [0.1, 0.15) is 23.7 Å². The predicted octanol–water partition coefficient (Wildman–Crippen LogP) is 2.50. The van der Waals surface area contributed by atoms with E-state index in [1.54, 1.807) is 13.2 Å². The summed E-state index contributed by atoms with van der Waals surface area (Å²) in [5.41, 5.74) is 1.30. The monoisotopic (exact) mass is 251 g/mol. The highest BCUT2D eigenvalue weighted by molar-refractivity contribution is 5.99. The van der Waals surface area contributed by atoms with Crippen LogP contribution in [0, 0.1) is 11.7 Å². The van der Waals surface area contributed by atoms with E-state index >= 15 is 0 Å². The molecule has 4 heteroatoms. The largest absolute Gasteiger partial charge is 0.384 e. The topological polar surface area (TPSA) is 29.5 Å². The number of ether oxygens (including phenoxy) is 1. The Morgan fingerprint density at radius 3 is 3.00 bits per heavy atom. The number of ketones is 1. The van der Waals surface area contributed by atoms with Gasteiger partial charge in [0, 0.05) is 37.4 Å². The number of hydrogen-bond acceptors (Lipinski definition) is 3. The highest BCUT2D eigenvalue weighted by Gasteiger charge is 2.25. The van der Waals surface area contributed by atoms with Gasteiger partial charge in [0.2, 0.25) is 0 Å². The van der Waals surface area contributed by atoms with Gasteiger partial charge in [-0.05, 0) is 31.5 Å². The van der Waals surface area contributed by atoms with Crippen LogP contribution in [0.3, 0.4) is 0 Å². The SMILES string of the molecule is COCC1CCN(c2ccc(F)cc2C(C)=O)C1. The van der Waals surface area contributed by atoms with Gasteiger partial charge in [0.05, 0.1) is 6.61 Å². The van der Waals surface area contributed by atoms with Crippen molar-refractivity contribution in [3.8, 4) is 0 Å². The fourth-order valence-corrected chi connectivity index (χ4v) is 2.49. The van der Waals surface area contributed by atoms with E-state index in [2.05, 4.69) is 4.90 Å². The molecule has 3 nitrogen and oxygen atoms in total. The molecule has 1 unspecified atom stereocenters. The zero-order valence-electron chi connectivity index (χ0n) is 10.8. The summed E-state index contributed by atoms with van der Waals surface area (Å²) in [7, 11) is 1.70. The standard InChI is InChI=1S/C14H18FNO2/c1-10(17)13-7-12(15)3-4-14(13)16-6-5-11(8-16)9-18-2/h3-4,7,11H,5-6,8-9H2,1-2H3. The van der Waals surface area contributed by atoms with Gasteiger partial charge in [-0.15, -0.1) is 0 Å². The van der Waals surface area contributed by atoms with E-state index in [4.69, 9.17) is 4.74 Å². The van der Waals surface area contributed by atoms with E-state index < -0.39 is 0 Å². The van der Waals surface area contributed by atoms with E-state index in [9.17, 15) is 9.18 Å². The minimum Gasteiger partial charge on any atom is -0.384 e. The zero-order chi connectivity index (χ0) is 13.1. The van der Waals surface area contributed by atoms with Crippen LogP contribution in [0.5, 0.6) is 0 Å². The van der Waals surface area contributed by atoms with Crippen molar-refractivity contribution in [2.45, 2.75) is 13.3 Å². The van der Waals surface area contributed by atoms with Crippen molar-refractivity contribution >= 4 is 11.5 Å². The Morgan fingerprint density at radius 2 is 2.33 bits per heavy atom. The third-order valence-corrected chi connectivity index (χ3v) is 3.37. The highest BCUT2D eigenvalue weighted by atomic mass is 19.1. The van der Waals surface area contributed by atoms with Crippen LogP contribution < -0.4 is 4.90 Å². The summed E-state index contributed by atoms with van der Waals surface area (Å²) in [6, 6.07) is 4.42. The molecular weight excluding hydrogens is 233 g/mol. The molecule has 0 radical (unpaired) electrons. The van der Waals surface area contributed by atoms with Crippen LogP contribution in [0.25, 0.3) is 0 Å². The lowest BCUT2D eigenvalue weighted by Crippen LogP contribution is -2.23. The lowest BCUT2D eigenvalue weighted by atomic mass is 10.1. The number of Topliss-reactive ketones (excluding diaryl/α,β-unsaturated/α-hetero) is 1. The van der Waals surface area contributed by atoms with Gasteiger partial charge in [-0.1, -0.05) is 0 Å². The Hall–Kier alpha value is -1.42. The van der Waals surface area contributed by atoms with Crippen molar-refractivity contribution in [2.75, 3.05) is 31.7 Å². The first-order valence-electron chi connectivity index (χ1n) is 6.16. The molecule has 1 aromatic rings. The second-order valence-electron chi connectivity index (χ2n) is 4.77. The van der Waals surface area contributed by atoms with Crippen molar-refractivity contribution in [1.82, 2.24) is 0 Å². The lowest BCUT2D eigenvalue weighted by molar-refractivity contribution is 0.101. The third-order valence-electron chi connectivity index (χ3n) is 3.37. The average molecular weight is 251 g/mol. The van der Waals surface area contributed by atoms with Crippen molar-refractivity contribution in [1.29, 1.82) is 0 Å². The minimum absolute atomic E-state index is 0.0975. The fourth-order valence-electron chi connectivity index (χ4n) is 2.49. The van der Waals surface area contributed by atoms with Crippen molar-refractivity contribution in [3.05, 3.63) is 29.6 Å². The van der Waals surface area contributed by atoms with Gasteiger partial charge in [0.1, 0.15) is 5.82 Å². The zero-order valence-corrected chi connectivity index (χ0v) is 10.8. The molecule has 1 atom stereocenters. The van der Waals surface area contributed by atoms with E-state index in [0.29, 0.717) is 11.5 Å². The second kappa shape index (κ2) is 5.48. The summed E-state index contributed by atoms with van der Waals surface area (Å²) in [4.78, 5) is 13.7. The Morgan fingerprint density at radius 1 is 1.56 bits per heavy atom. The van der Waals surface area contributed by atoms with Gasteiger partial charge in [0.25, 0.3) is 0 Å². The van der Waals surface area contributed by atoms with Crippen LogP contribution in [-0.2, 0) is 4.74 Å². The van der Waals surface area contributed by atoms with Gasteiger partial charge < -0.3 is 9.64 Å². The molecule has 0 N–H and O–H groups in total. The first-order valence-corrected chi connectivity index (χ1v) is 6.16. The smallest absolute Gasteiger partial charge is 0.161 e. The number of carbonyl (C=O) groups is 1. The van der Waals surface area contributed by atoms with Gasteiger partial charge in [0.15, 0.2) is 5.78 Å². The van der Waals surface area contributed by atoms with E-state index in [1.807, 2.05) is 0 Å². The van der Waals surface area contributed by atoms with Gasteiger partial charge in [-0.25, -0.2) is 4.39 Å². The number of methoxy groups -OCH3 is 1. The number of benzene rings is 1. The summed E-state index contributed by atoms with van der Waals surface area (Å²) in [6.07, 6.45) is 1.04. The van der Waals surface area contributed by atoms with Crippen LogP contribution in [0.15, 0.2) is 18.2 Å². The summed E-state index contributed by atoms with van der Waals surface area (Å²) in [5.74, 6) is 0.0242. The first kappa shape index (κ1) is 13.0. The predicted molar refractivity (Wildman–Crippen MR) is 68.6 cm³/mol. The summed E-state index contributed by atoms with van der Waals surface area (Å²) < 4.78 is 18.4. The summed E-state index contributed by atoms with van der Waals surface area (Å²) >= 11 is 0. The molecule has 0 amide bonds. The van der Waals surface area contributed by atoms with Crippen LogP contribution >= 0.6 is 0 Å². The minimum atomic E-state index is -0.364. The molecule has 1 fully saturated rings. The Labute approximate surface area is 107 Å². The molecule has 1 aliphatic rings. The molecule has 1 aromatic carbocycles. The molecular formula is C14H18FNO2. The molecule has 1 saturated heterocycles. The van der Waals surface area contributed by atoms with Gasteiger partial charge in [-0.2, -0.15) is 0 Å². The second-order valence-corrected chi connectivity index (χ2v) is 4.77. The lowest BCUT2D eigenvalue weighted by Gasteiger charge is -2.21. The molecule has 0 spiro atoms. The van der Waals surface area contributed by atoms with E-state index in [1.165, 1.54) is 19.1 Å². The van der Waals surface area contributed by atoms with Crippen LogP contribution in [0.2, 0.25) is 0 Å². The number of halogens is 1. The van der Waals surface area contributed by atoms with E-state index in [-0.39, 0.29) is 11.6 Å². The normalized spacial score (nSPS) is 19.3. The maximum Gasteiger partial charge on any atom is 0.161 e. The van der Waals surface area contributed by atoms with Crippen molar-refractivity contribution in [3.63, 3.8) is 0 Å². The molecule has 1 aliphatic heterocycles. The van der Waals surface area contributed by atoms with Gasteiger partial charge >= 0.3 is 0 Å². The Balaban J connectivity index is 2.21. The van der Waals surface area contributed by atoms with Crippen molar-refractivity contribution < 1.29 is 13.9 Å². The molecule has 98 valence electrons. The average Bonchev–Trinajstić information content (AvgIpc) is 2.78. The molecule has 1 heterocycles. The van der Waals surface area contributed by atoms with Crippen molar-refractivity contribution in [2.24, 2.45) is 5.92 Å². The summed E-state index contributed by atoms with van der Waals surface area (Å²) in [5, 5.41) is 0. The molecule has 0 aromatic heterocycles. The molecule has 18 heavy (non-hydrogen) atoms. The first-order chi connectivity index (χ1) is 8.61. The molecule has 0 bridgehead atoms. The maximum atomic E-state index is 13.2. The molecule has 2 rings (SSSR count). The fraction of sp³-hybridized carbons (Fsp3) is 0.500. The Kier molecular flexibility index (Phi) is 3.97. The quantitative estimate of drug-likeness (QED) is 0.770. The van der Waals surface area contributed by atoms with Crippen LogP contribution in [-0.4, -0.2) is 32.6 Å². The van der Waals surface area contributed by atoms with Crippen LogP contribution in [0.4, 0.5) is 10.1 Å². The van der Waals surface area contributed by atoms with Gasteiger partial charge in [-0.3, -0.25) is 4.79 Å². The number of anilines is 1. The number of carbonyl (C=O) groups excluding carboxylic acids is 1. The number of hydrogen-bond donors (Lipinski definition) is 0. The van der Waals surface area contributed by atoms with E-state index in [0.717, 1.165) is 31.8 Å². The highest BCUT2D eigenvalue weighted by Crippen LogP contribution is 2.28. The maximum absolute atomic E-state index is 13.2. The summed E-state index contributed by atoms with van der Waals surface area (Å²) in [6.45, 7) is 3.95. The molecule has 0 saturated carbocycles. The Bertz CT molecular complexity index is 447. The molecule has 0 aliphatic carbocycles. The number of nitrogens with zero attached hydrogens (tertiary/aromatic N) is 1. The number of rotatable bonds is 4. The third kappa shape index (κ3) is 2.70.